The lowest BCUT2D eigenvalue weighted by Gasteiger charge is -2.18. The number of hydrogen-bond donors (Lipinski definition) is 1. The molecule has 0 fully saturated rings. The molecule has 1 heterocycles. The smallest absolute Gasteiger partial charge is 0.428 e. The number of ether oxygens (including phenoxy) is 1. The summed E-state index contributed by atoms with van der Waals surface area (Å²) in [6.07, 6.45) is 1.07. The van der Waals surface area contributed by atoms with Crippen molar-refractivity contribution in [1.29, 1.82) is 0 Å². The molecule has 1 N–H and O–H groups in total. The fraction of sp³-hybridized carbons (Fsp3) is 0.455. The van der Waals surface area contributed by atoms with E-state index < -0.39 is 11.7 Å². The highest BCUT2D eigenvalue weighted by atomic mass is 32.1. The topological polar surface area (TPSA) is 50.7 Å². The molecule has 1 amide bonds. The van der Waals surface area contributed by atoms with Crippen LogP contribution in [-0.2, 0) is 4.74 Å². The number of hydrazone groups is 1. The molecule has 0 aliphatic carbocycles. The summed E-state index contributed by atoms with van der Waals surface area (Å²) in [6.45, 7) is 7.41. The summed E-state index contributed by atoms with van der Waals surface area (Å²) in [6, 6.07) is 2.00. The molecule has 0 bridgehead atoms. The highest BCUT2D eigenvalue weighted by Crippen LogP contribution is 2.12. The van der Waals surface area contributed by atoms with Gasteiger partial charge in [-0.15, -0.1) is 11.3 Å². The standard InChI is InChI=1S/C11H16N2O2S/c1-8-5-6-16-9(8)7-12-13-10(14)15-11(2,3)4/h5-7H,1-4H3,(H,13,14). The van der Waals surface area contributed by atoms with E-state index in [1.165, 1.54) is 0 Å². The Kier molecular flexibility index (Phi) is 4.06. The SMILES string of the molecule is Cc1ccsc1C=NNC(=O)OC(C)(C)C. The van der Waals surface area contributed by atoms with Gasteiger partial charge in [-0.25, -0.2) is 10.2 Å². The lowest BCUT2D eigenvalue weighted by atomic mass is 10.2. The molecule has 88 valence electrons. The minimum atomic E-state index is -0.544. The largest absolute Gasteiger partial charge is 0.443 e. The normalized spacial score (nSPS) is 11.8. The zero-order valence-corrected chi connectivity index (χ0v) is 10.7. The van der Waals surface area contributed by atoms with Crippen molar-refractivity contribution >= 4 is 23.6 Å². The van der Waals surface area contributed by atoms with Crippen molar-refractivity contribution in [1.82, 2.24) is 5.43 Å². The monoisotopic (exact) mass is 240 g/mol. The minimum absolute atomic E-state index is 0.502. The van der Waals surface area contributed by atoms with Gasteiger partial charge in [0, 0.05) is 4.88 Å². The first-order valence-corrected chi connectivity index (χ1v) is 5.82. The van der Waals surface area contributed by atoms with Gasteiger partial charge in [0.2, 0.25) is 0 Å². The second-order valence-corrected chi connectivity index (χ2v) is 5.29. The summed E-state index contributed by atoms with van der Waals surface area (Å²) < 4.78 is 5.03. The molecule has 1 rings (SSSR count). The quantitative estimate of drug-likeness (QED) is 0.638. The van der Waals surface area contributed by atoms with Crippen LogP contribution < -0.4 is 5.43 Å². The van der Waals surface area contributed by atoms with Crippen LogP contribution >= 0.6 is 11.3 Å². The molecule has 0 saturated carbocycles. The van der Waals surface area contributed by atoms with Gasteiger partial charge in [-0.1, -0.05) is 0 Å². The number of carbonyl (C=O) groups excluding carboxylic acids is 1. The summed E-state index contributed by atoms with van der Waals surface area (Å²) in [5.41, 5.74) is 2.96. The van der Waals surface area contributed by atoms with E-state index in [0.29, 0.717) is 0 Å². The fourth-order valence-electron chi connectivity index (χ4n) is 0.961. The van der Waals surface area contributed by atoms with E-state index in [2.05, 4.69) is 10.5 Å². The Hall–Kier alpha value is -1.36. The molecule has 5 heteroatoms. The average Bonchev–Trinajstić information content (AvgIpc) is 2.48. The van der Waals surface area contributed by atoms with Crippen LogP contribution in [0.25, 0.3) is 0 Å². The first-order valence-electron chi connectivity index (χ1n) is 4.94. The first kappa shape index (κ1) is 12.7. The maximum atomic E-state index is 11.2. The Morgan fingerprint density at radius 1 is 1.56 bits per heavy atom. The van der Waals surface area contributed by atoms with E-state index in [1.54, 1.807) is 38.3 Å². The minimum Gasteiger partial charge on any atom is -0.443 e. The van der Waals surface area contributed by atoms with Crippen LogP contribution in [0.4, 0.5) is 4.79 Å². The Bertz CT molecular complexity index is 391. The van der Waals surface area contributed by atoms with Gasteiger partial charge in [0.15, 0.2) is 0 Å². The lowest BCUT2D eigenvalue weighted by molar-refractivity contribution is 0.0529. The predicted octanol–water partition coefficient (Wildman–Crippen LogP) is 2.92. The number of amides is 1. The highest BCUT2D eigenvalue weighted by Gasteiger charge is 2.15. The van der Waals surface area contributed by atoms with Crippen molar-refractivity contribution < 1.29 is 9.53 Å². The van der Waals surface area contributed by atoms with E-state index in [9.17, 15) is 4.79 Å². The number of aryl methyl sites for hydroxylation is 1. The van der Waals surface area contributed by atoms with Crippen molar-refractivity contribution in [3.8, 4) is 0 Å². The predicted molar refractivity (Wildman–Crippen MR) is 66.0 cm³/mol. The van der Waals surface area contributed by atoms with E-state index in [-0.39, 0.29) is 0 Å². The number of carbonyl (C=O) groups is 1. The molecular weight excluding hydrogens is 224 g/mol. The summed E-state index contributed by atoms with van der Waals surface area (Å²) in [5.74, 6) is 0. The Morgan fingerprint density at radius 2 is 2.25 bits per heavy atom. The van der Waals surface area contributed by atoms with Crippen LogP contribution in [0.1, 0.15) is 31.2 Å². The van der Waals surface area contributed by atoms with Crippen LogP contribution in [0.2, 0.25) is 0 Å². The van der Waals surface area contributed by atoms with Gasteiger partial charge in [-0.2, -0.15) is 5.10 Å². The number of hydrogen-bond acceptors (Lipinski definition) is 4. The van der Waals surface area contributed by atoms with E-state index in [4.69, 9.17) is 4.74 Å². The van der Waals surface area contributed by atoms with E-state index >= 15 is 0 Å². The second-order valence-electron chi connectivity index (χ2n) is 4.34. The molecule has 0 unspecified atom stereocenters. The molecule has 4 nitrogen and oxygen atoms in total. The van der Waals surface area contributed by atoms with Crippen LogP contribution in [0.15, 0.2) is 16.5 Å². The van der Waals surface area contributed by atoms with Crippen molar-refractivity contribution in [3.63, 3.8) is 0 Å². The van der Waals surface area contributed by atoms with Gasteiger partial charge in [0.05, 0.1) is 6.21 Å². The zero-order valence-electron chi connectivity index (χ0n) is 9.90. The number of nitrogens with zero attached hydrogens (tertiary/aromatic N) is 1. The molecule has 16 heavy (non-hydrogen) atoms. The van der Waals surface area contributed by atoms with Gasteiger partial charge < -0.3 is 4.74 Å². The zero-order chi connectivity index (χ0) is 12.2. The molecule has 0 aliphatic heterocycles. The molecule has 0 spiro atoms. The number of rotatable bonds is 2. The molecule has 1 aromatic rings. The van der Waals surface area contributed by atoms with Crippen LogP contribution in [0.3, 0.4) is 0 Å². The highest BCUT2D eigenvalue weighted by molar-refractivity contribution is 7.11. The summed E-state index contributed by atoms with van der Waals surface area (Å²) >= 11 is 1.57. The Labute approximate surface area is 99.3 Å². The van der Waals surface area contributed by atoms with Crippen molar-refractivity contribution in [2.24, 2.45) is 5.10 Å². The molecule has 0 aromatic carbocycles. The lowest BCUT2D eigenvalue weighted by Crippen LogP contribution is -2.29. The van der Waals surface area contributed by atoms with E-state index in [0.717, 1.165) is 10.4 Å². The number of thiophene rings is 1. The maximum absolute atomic E-state index is 11.2. The third-order valence-corrected chi connectivity index (χ3v) is 2.59. The Balaban J connectivity index is 2.44. The molecule has 0 atom stereocenters. The van der Waals surface area contributed by atoms with Gasteiger partial charge in [0.1, 0.15) is 5.60 Å². The van der Waals surface area contributed by atoms with Crippen LogP contribution in [-0.4, -0.2) is 17.9 Å². The van der Waals surface area contributed by atoms with E-state index in [1.807, 2.05) is 18.4 Å². The van der Waals surface area contributed by atoms with Gasteiger partial charge in [-0.3, -0.25) is 0 Å². The van der Waals surface area contributed by atoms with Crippen molar-refractivity contribution in [2.45, 2.75) is 33.3 Å². The molecule has 0 aliphatic rings. The molecule has 1 aromatic heterocycles. The van der Waals surface area contributed by atoms with Gasteiger partial charge in [-0.05, 0) is 44.7 Å². The summed E-state index contributed by atoms with van der Waals surface area (Å²) in [4.78, 5) is 12.3. The van der Waals surface area contributed by atoms with Crippen molar-refractivity contribution in [2.75, 3.05) is 0 Å². The van der Waals surface area contributed by atoms with Crippen LogP contribution in [0, 0.1) is 6.92 Å². The third kappa shape index (κ3) is 4.44. The van der Waals surface area contributed by atoms with Gasteiger partial charge in [0.25, 0.3) is 0 Å². The van der Waals surface area contributed by atoms with Gasteiger partial charge >= 0.3 is 6.09 Å². The average molecular weight is 240 g/mol. The Morgan fingerprint density at radius 3 is 2.75 bits per heavy atom. The summed E-state index contributed by atoms with van der Waals surface area (Å²) in [5, 5.41) is 5.80. The van der Waals surface area contributed by atoms with Crippen LogP contribution in [0.5, 0.6) is 0 Å². The third-order valence-electron chi connectivity index (χ3n) is 1.64. The molecule has 0 saturated heterocycles. The van der Waals surface area contributed by atoms with Crippen molar-refractivity contribution in [3.05, 3.63) is 21.9 Å². The maximum Gasteiger partial charge on any atom is 0.428 e. The molecule has 0 radical (unpaired) electrons. The second kappa shape index (κ2) is 5.12. The summed E-state index contributed by atoms with van der Waals surface area (Å²) in [7, 11) is 0. The fourth-order valence-corrected chi connectivity index (χ4v) is 1.75. The first-order chi connectivity index (χ1) is 7.38. The number of nitrogens with one attached hydrogen (secondary N) is 1. The molecular formula is C11H16N2O2S.